The van der Waals surface area contributed by atoms with Crippen LogP contribution in [0.1, 0.15) is 11.1 Å². The van der Waals surface area contributed by atoms with Crippen molar-refractivity contribution in [3.63, 3.8) is 0 Å². The Labute approximate surface area is 172 Å². The van der Waals surface area contributed by atoms with E-state index in [0.29, 0.717) is 24.6 Å². The Balaban J connectivity index is 1.64. The minimum Gasteiger partial charge on any atom is -0.496 e. The van der Waals surface area contributed by atoms with Crippen LogP contribution < -0.4 is 19.1 Å². The average molecular weight is 422 g/mol. The first-order valence-corrected chi connectivity index (χ1v) is 11.2. The van der Waals surface area contributed by atoms with Gasteiger partial charge >= 0.3 is 0 Å². The van der Waals surface area contributed by atoms with Crippen LogP contribution in [-0.2, 0) is 22.3 Å². The molecule has 0 radical (unpaired) electrons. The topological polar surface area (TPSA) is 69.5 Å². The molecule has 7 nitrogen and oxygen atoms in total. The van der Waals surface area contributed by atoms with Gasteiger partial charge in [0.1, 0.15) is 12.3 Å². The number of methoxy groups -OCH3 is 3. The molecule has 1 heterocycles. The average Bonchev–Trinajstić information content (AvgIpc) is 2.74. The molecule has 158 valence electrons. The zero-order valence-electron chi connectivity index (χ0n) is 17.2. The third-order valence-corrected chi connectivity index (χ3v) is 7.09. The summed E-state index contributed by atoms with van der Waals surface area (Å²) in [7, 11) is 1.53. The Bertz CT molecular complexity index is 910. The Morgan fingerprint density at radius 3 is 2.07 bits per heavy atom. The molecule has 0 atom stereocenters. The lowest BCUT2D eigenvalue weighted by molar-refractivity contribution is -0.917. The first-order valence-electron chi connectivity index (χ1n) is 9.61. The predicted octanol–water partition coefficient (Wildman–Crippen LogP) is 0.943. The number of rotatable bonds is 8. The second-order valence-corrected chi connectivity index (χ2v) is 9.06. The summed E-state index contributed by atoms with van der Waals surface area (Å²) < 4.78 is 43.3. The molecule has 1 N–H and O–H groups in total. The van der Waals surface area contributed by atoms with Gasteiger partial charge in [-0.2, -0.15) is 4.31 Å². The highest BCUT2D eigenvalue weighted by atomic mass is 32.2. The molecule has 29 heavy (non-hydrogen) atoms. The molecule has 0 amide bonds. The quantitative estimate of drug-likeness (QED) is 0.687. The van der Waals surface area contributed by atoms with Crippen LogP contribution in [0, 0.1) is 0 Å². The molecule has 1 fully saturated rings. The number of piperazine rings is 1. The molecule has 2 aromatic carbocycles. The molecule has 1 aliphatic heterocycles. The number of sulfonamides is 1. The second kappa shape index (κ2) is 9.47. The van der Waals surface area contributed by atoms with Crippen LogP contribution in [0.4, 0.5) is 0 Å². The van der Waals surface area contributed by atoms with Crippen LogP contribution in [-0.4, -0.2) is 60.2 Å². The van der Waals surface area contributed by atoms with E-state index in [1.54, 1.807) is 25.6 Å². The highest BCUT2D eigenvalue weighted by Crippen LogP contribution is 2.34. The van der Waals surface area contributed by atoms with Crippen molar-refractivity contribution in [2.75, 3.05) is 47.5 Å². The van der Waals surface area contributed by atoms with E-state index >= 15 is 0 Å². The van der Waals surface area contributed by atoms with Crippen molar-refractivity contribution in [3.8, 4) is 17.2 Å². The van der Waals surface area contributed by atoms with Gasteiger partial charge in [0.2, 0.25) is 10.0 Å². The lowest BCUT2D eigenvalue weighted by atomic mass is 10.1. The zero-order chi connectivity index (χ0) is 20.9. The molecule has 8 heteroatoms. The molecule has 1 saturated heterocycles. The Kier molecular flexibility index (Phi) is 7.00. The van der Waals surface area contributed by atoms with E-state index in [1.807, 2.05) is 42.5 Å². The molecular formula is C21H29N2O5S+. The SMILES string of the molecule is COc1cc(OC)c(OC)cc1C[NH+]1CCN(S(=O)(=O)Cc2ccccc2)CC1. The van der Waals surface area contributed by atoms with E-state index in [4.69, 9.17) is 14.2 Å². The summed E-state index contributed by atoms with van der Waals surface area (Å²) in [4.78, 5) is 1.31. The van der Waals surface area contributed by atoms with Crippen molar-refractivity contribution in [1.82, 2.24) is 4.31 Å². The van der Waals surface area contributed by atoms with E-state index < -0.39 is 10.0 Å². The number of hydrogen-bond donors (Lipinski definition) is 1. The van der Waals surface area contributed by atoms with Gasteiger partial charge in [-0.3, -0.25) is 0 Å². The minimum absolute atomic E-state index is 0.0483. The smallest absolute Gasteiger partial charge is 0.218 e. The van der Waals surface area contributed by atoms with E-state index in [0.717, 1.165) is 36.5 Å². The second-order valence-electron chi connectivity index (χ2n) is 7.09. The van der Waals surface area contributed by atoms with Crippen molar-refractivity contribution >= 4 is 10.0 Å². The van der Waals surface area contributed by atoms with Crippen LogP contribution in [0.3, 0.4) is 0 Å². The molecule has 0 saturated carbocycles. The number of nitrogens with one attached hydrogen (secondary N) is 1. The van der Waals surface area contributed by atoms with Crippen LogP contribution in [0.2, 0.25) is 0 Å². The normalized spacial score (nSPS) is 15.8. The molecule has 1 aliphatic rings. The van der Waals surface area contributed by atoms with Gasteiger partial charge in [-0.1, -0.05) is 30.3 Å². The van der Waals surface area contributed by atoms with E-state index in [9.17, 15) is 8.42 Å². The van der Waals surface area contributed by atoms with E-state index in [-0.39, 0.29) is 5.75 Å². The summed E-state index contributed by atoms with van der Waals surface area (Å²) in [5.74, 6) is 2.08. The minimum atomic E-state index is -3.31. The third-order valence-electron chi connectivity index (χ3n) is 5.24. The number of ether oxygens (including phenoxy) is 3. The summed E-state index contributed by atoms with van der Waals surface area (Å²) in [6.07, 6.45) is 0. The monoisotopic (exact) mass is 421 g/mol. The maximum absolute atomic E-state index is 12.7. The van der Waals surface area contributed by atoms with Gasteiger partial charge in [0.15, 0.2) is 11.5 Å². The van der Waals surface area contributed by atoms with Crippen LogP contribution >= 0.6 is 0 Å². The summed E-state index contributed by atoms with van der Waals surface area (Å²) in [6, 6.07) is 13.1. The summed E-state index contributed by atoms with van der Waals surface area (Å²) in [5, 5.41) is 0. The fourth-order valence-corrected chi connectivity index (χ4v) is 5.17. The molecule has 0 spiro atoms. The Morgan fingerprint density at radius 2 is 1.48 bits per heavy atom. The number of benzene rings is 2. The molecule has 0 aliphatic carbocycles. The summed E-state index contributed by atoms with van der Waals surface area (Å²) >= 11 is 0. The summed E-state index contributed by atoms with van der Waals surface area (Å²) in [5.41, 5.74) is 1.83. The largest absolute Gasteiger partial charge is 0.496 e. The number of quaternary nitrogens is 1. The van der Waals surface area contributed by atoms with Gasteiger partial charge in [-0.05, 0) is 11.6 Å². The van der Waals surface area contributed by atoms with Crippen LogP contribution in [0.15, 0.2) is 42.5 Å². The van der Waals surface area contributed by atoms with Crippen molar-refractivity contribution in [2.24, 2.45) is 0 Å². The van der Waals surface area contributed by atoms with E-state index in [2.05, 4.69) is 0 Å². The molecule has 3 rings (SSSR count). The van der Waals surface area contributed by atoms with Crippen LogP contribution in [0.25, 0.3) is 0 Å². The highest BCUT2D eigenvalue weighted by molar-refractivity contribution is 7.88. The molecule has 0 bridgehead atoms. The van der Waals surface area contributed by atoms with Crippen molar-refractivity contribution in [1.29, 1.82) is 0 Å². The van der Waals surface area contributed by atoms with Crippen molar-refractivity contribution in [3.05, 3.63) is 53.6 Å². The van der Waals surface area contributed by atoms with Crippen molar-refractivity contribution in [2.45, 2.75) is 12.3 Å². The molecule has 2 aromatic rings. The van der Waals surface area contributed by atoms with Crippen LogP contribution in [0.5, 0.6) is 17.2 Å². The third kappa shape index (κ3) is 5.20. The zero-order valence-corrected chi connectivity index (χ0v) is 18.0. The predicted molar refractivity (Wildman–Crippen MR) is 111 cm³/mol. The lowest BCUT2D eigenvalue weighted by Gasteiger charge is -2.32. The Morgan fingerprint density at radius 1 is 0.897 bits per heavy atom. The van der Waals surface area contributed by atoms with Gasteiger partial charge < -0.3 is 19.1 Å². The van der Waals surface area contributed by atoms with Gasteiger partial charge in [0.05, 0.1) is 58.8 Å². The fraction of sp³-hybridized carbons (Fsp3) is 0.429. The van der Waals surface area contributed by atoms with Gasteiger partial charge in [0, 0.05) is 6.07 Å². The lowest BCUT2D eigenvalue weighted by Crippen LogP contribution is -3.13. The summed E-state index contributed by atoms with van der Waals surface area (Å²) in [6.45, 7) is 3.24. The van der Waals surface area contributed by atoms with Gasteiger partial charge in [-0.25, -0.2) is 8.42 Å². The highest BCUT2D eigenvalue weighted by Gasteiger charge is 2.29. The Hall–Kier alpha value is -2.29. The van der Waals surface area contributed by atoms with Crippen molar-refractivity contribution < 1.29 is 27.5 Å². The first kappa shape index (κ1) is 21.4. The van der Waals surface area contributed by atoms with E-state index in [1.165, 1.54) is 4.90 Å². The number of hydrogen-bond acceptors (Lipinski definition) is 5. The van der Waals surface area contributed by atoms with Gasteiger partial charge in [-0.15, -0.1) is 0 Å². The first-order chi connectivity index (χ1) is 14.0. The standard InChI is InChI=1S/C21H28N2O5S/c1-26-19-14-21(28-3)20(27-2)13-18(19)15-22-9-11-23(12-10-22)29(24,25)16-17-7-5-4-6-8-17/h4-8,13-14H,9-12,15-16H2,1-3H3/p+1. The fourth-order valence-electron chi connectivity index (χ4n) is 3.63. The maximum atomic E-state index is 12.7. The molecule has 0 unspecified atom stereocenters. The number of nitrogens with zero attached hydrogens (tertiary/aromatic N) is 1. The maximum Gasteiger partial charge on any atom is 0.218 e. The van der Waals surface area contributed by atoms with Gasteiger partial charge in [0.25, 0.3) is 0 Å². The molecular weight excluding hydrogens is 392 g/mol. The molecule has 0 aromatic heterocycles.